The molecule has 0 spiro atoms. The van der Waals surface area contributed by atoms with Gasteiger partial charge in [-0.2, -0.15) is 5.10 Å². The lowest BCUT2D eigenvalue weighted by Gasteiger charge is -2.16. The van der Waals surface area contributed by atoms with Crippen LogP contribution >= 0.6 is 0 Å². The molecule has 1 aliphatic rings. The summed E-state index contributed by atoms with van der Waals surface area (Å²) in [6, 6.07) is 0. The summed E-state index contributed by atoms with van der Waals surface area (Å²) in [6.45, 7) is 6.37. The Hall–Kier alpha value is -1.23. The Morgan fingerprint density at radius 3 is 2.67 bits per heavy atom. The summed E-state index contributed by atoms with van der Waals surface area (Å²) in [6.07, 6.45) is 3.77. The number of hydrogen-bond acceptors (Lipinski definition) is 5. The summed E-state index contributed by atoms with van der Waals surface area (Å²) in [5.41, 5.74) is 2.07. The molecule has 1 aromatic heterocycles. The molecule has 18 heavy (non-hydrogen) atoms. The molecule has 1 atom stereocenters. The normalized spacial score (nSPS) is 19.5. The maximum absolute atomic E-state index is 8.97. The molecule has 2 rings (SSSR count). The first-order valence-corrected chi connectivity index (χ1v) is 6.86. The van der Waals surface area contributed by atoms with Gasteiger partial charge in [0.05, 0.1) is 11.4 Å². The fourth-order valence-electron chi connectivity index (χ4n) is 2.49. The van der Waals surface area contributed by atoms with Crippen molar-refractivity contribution in [2.75, 3.05) is 24.6 Å². The molecule has 0 saturated carbocycles. The first kappa shape index (κ1) is 13.2. The van der Waals surface area contributed by atoms with E-state index in [0.29, 0.717) is 5.92 Å². The minimum absolute atomic E-state index is 0.270. The van der Waals surface area contributed by atoms with Crippen molar-refractivity contribution in [2.45, 2.75) is 39.5 Å². The molecule has 0 aliphatic carbocycles. The molecule has 0 amide bonds. The second kappa shape index (κ2) is 6.09. The summed E-state index contributed by atoms with van der Waals surface area (Å²) >= 11 is 0. The number of rotatable bonds is 5. The second-order valence-corrected chi connectivity index (χ2v) is 4.83. The van der Waals surface area contributed by atoms with E-state index in [1.807, 2.05) is 0 Å². The van der Waals surface area contributed by atoms with E-state index in [2.05, 4.69) is 33.9 Å². The van der Waals surface area contributed by atoms with Crippen LogP contribution in [0.15, 0.2) is 0 Å². The standard InChI is InChI=1S/C13H22N4O/c1-3-11-12(4-2)15-16-13(14-11)17-7-5-10(9-17)6-8-18/h10,18H,3-9H2,1-2H3. The van der Waals surface area contributed by atoms with Crippen molar-refractivity contribution in [3.05, 3.63) is 11.4 Å². The SMILES string of the molecule is CCc1nnc(N2CCC(CCO)C2)nc1CC. The highest BCUT2D eigenvalue weighted by Crippen LogP contribution is 2.23. The van der Waals surface area contributed by atoms with Crippen LogP contribution in [-0.2, 0) is 12.8 Å². The third-order valence-corrected chi connectivity index (χ3v) is 3.60. The summed E-state index contributed by atoms with van der Waals surface area (Å²) in [5, 5.41) is 17.5. The number of hydrogen-bond donors (Lipinski definition) is 1. The molecule has 5 heteroatoms. The summed E-state index contributed by atoms with van der Waals surface area (Å²) in [7, 11) is 0. The highest BCUT2D eigenvalue weighted by molar-refractivity contribution is 5.32. The van der Waals surface area contributed by atoms with Gasteiger partial charge in [-0.15, -0.1) is 5.10 Å². The fraction of sp³-hybridized carbons (Fsp3) is 0.769. The Balaban J connectivity index is 2.10. The number of aliphatic hydroxyl groups is 1. The molecule has 100 valence electrons. The lowest BCUT2D eigenvalue weighted by atomic mass is 10.1. The maximum Gasteiger partial charge on any atom is 0.245 e. The van der Waals surface area contributed by atoms with Crippen LogP contribution in [0, 0.1) is 5.92 Å². The zero-order valence-corrected chi connectivity index (χ0v) is 11.3. The monoisotopic (exact) mass is 250 g/mol. The van der Waals surface area contributed by atoms with Crippen molar-refractivity contribution in [1.29, 1.82) is 0 Å². The Kier molecular flexibility index (Phi) is 4.47. The van der Waals surface area contributed by atoms with Crippen molar-refractivity contribution >= 4 is 5.95 Å². The second-order valence-electron chi connectivity index (χ2n) is 4.83. The van der Waals surface area contributed by atoms with E-state index < -0.39 is 0 Å². The topological polar surface area (TPSA) is 62.1 Å². The van der Waals surface area contributed by atoms with Gasteiger partial charge in [0, 0.05) is 19.7 Å². The van der Waals surface area contributed by atoms with Gasteiger partial charge in [0.1, 0.15) is 0 Å². The largest absolute Gasteiger partial charge is 0.396 e. The van der Waals surface area contributed by atoms with Crippen molar-refractivity contribution in [2.24, 2.45) is 5.92 Å². The number of aliphatic hydroxyl groups excluding tert-OH is 1. The van der Waals surface area contributed by atoms with Gasteiger partial charge >= 0.3 is 0 Å². The Morgan fingerprint density at radius 1 is 1.22 bits per heavy atom. The van der Waals surface area contributed by atoms with Crippen molar-refractivity contribution in [3.63, 3.8) is 0 Å². The van der Waals surface area contributed by atoms with Gasteiger partial charge < -0.3 is 10.0 Å². The van der Waals surface area contributed by atoms with Crippen LogP contribution in [0.5, 0.6) is 0 Å². The van der Waals surface area contributed by atoms with Crippen molar-refractivity contribution in [3.8, 4) is 0 Å². The highest BCUT2D eigenvalue weighted by atomic mass is 16.3. The Labute approximate surface area is 108 Å². The summed E-state index contributed by atoms with van der Waals surface area (Å²) < 4.78 is 0. The van der Waals surface area contributed by atoms with E-state index in [-0.39, 0.29) is 6.61 Å². The van der Waals surface area contributed by atoms with Crippen LogP contribution in [-0.4, -0.2) is 40.0 Å². The average molecular weight is 250 g/mol. The number of aryl methyl sites for hydroxylation is 2. The van der Waals surface area contributed by atoms with Gasteiger partial charge in [-0.3, -0.25) is 0 Å². The van der Waals surface area contributed by atoms with Gasteiger partial charge in [-0.25, -0.2) is 4.98 Å². The van der Waals surface area contributed by atoms with Gasteiger partial charge in [0.25, 0.3) is 0 Å². The maximum atomic E-state index is 8.97. The van der Waals surface area contributed by atoms with Crippen molar-refractivity contribution < 1.29 is 5.11 Å². The first-order chi connectivity index (χ1) is 8.78. The molecule has 0 radical (unpaired) electrons. The molecule has 2 heterocycles. The van der Waals surface area contributed by atoms with E-state index in [0.717, 1.165) is 56.1 Å². The Bertz CT molecular complexity index is 397. The number of aromatic nitrogens is 3. The molecule has 1 N–H and O–H groups in total. The van der Waals surface area contributed by atoms with Crippen LogP contribution in [0.25, 0.3) is 0 Å². The number of nitrogens with zero attached hydrogens (tertiary/aromatic N) is 4. The lowest BCUT2D eigenvalue weighted by Crippen LogP contribution is -2.23. The van der Waals surface area contributed by atoms with E-state index in [1.54, 1.807) is 0 Å². The minimum atomic E-state index is 0.270. The molecule has 1 fully saturated rings. The molecule has 1 unspecified atom stereocenters. The van der Waals surface area contributed by atoms with Crippen molar-refractivity contribution in [1.82, 2.24) is 15.2 Å². The molecule has 0 aromatic carbocycles. The first-order valence-electron chi connectivity index (χ1n) is 6.86. The van der Waals surface area contributed by atoms with Crippen LogP contribution in [0.2, 0.25) is 0 Å². The van der Waals surface area contributed by atoms with E-state index >= 15 is 0 Å². The zero-order valence-electron chi connectivity index (χ0n) is 11.3. The van der Waals surface area contributed by atoms with Crippen LogP contribution in [0.3, 0.4) is 0 Å². The van der Waals surface area contributed by atoms with Gasteiger partial charge in [-0.05, 0) is 31.6 Å². The highest BCUT2D eigenvalue weighted by Gasteiger charge is 2.24. The minimum Gasteiger partial charge on any atom is -0.396 e. The molecule has 0 bridgehead atoms. The fourth-order valence-corrected chi connectivity index (χ4v) is 2.49. The van der Waals surface area contributed by atoms with E-state index in [4.69, 9.17) is 5.11 Å². The van der Waals surface area contributed by atoms with E-state index in [1.165, 1.54) is 0 Å². The van der Waals surface area contributed by atoms with Crippen LogP contribution in [0.1, 0.15) is 38.1 Å². The van der Waals surface area contributed by atoms with Crippen LogP contribution in [0.4, 0.5) is 5.95 Å². The molecule has 1 aromatic rings. The summed E-state index contributed by atoms with van der Waals surface area (Å²) in [5.74, 6) is 1.32. The quantitative estimate of drug-likeness (QED) is 0.851. The van der Waals surface area contributed by atoms with Gasteiger partial charge in [-0.1, -0.05) is 13.8 Å². The van der Waals surface area contributed by atoms with E-state index in [9.17, 15) is 0 Å². The molecule has 1 saturated heterocycles. The molecule has 5 nitrogen and oxygen atoms in total. The molecular formula is C13H22N4O. The van der Waals surface area contributed by atoms with Gasteiger partial charge in [0.2, 0.25) is 5.95 Å². The third kappa shape index (κ3) is 2.77. The van der Waals surface area contributed by atoms with Crippen LogP contribution < -0.4 is 4.90 Å². The predicted octanol–water partition coefficient (Wildman–Crippen LogP) is 1.21. The smallest absolute Gasteiger partial charge is 0.245 e. The van der Waals surface area contributed by atoms with Gasteiger partial charge in [0.15, 0.2) is 0 Å². The predicted molar refractivity (Wildman–Crippen MR) is 70.6 cm³/mol. The third-order valence-electron chi connectivity index (χ3n) is 3.60. The zero-order chi connectivity index (χ0) is 13.0. The summed E-state index contributed by atoms with van der Waals surface area (Å²) in [4.78, 5) is 6.81. The molecule has 1 aliphatic heterocycles. The average Bonchev–Trinajstić information content (AvgIpc) is 2.87. The lowest BCUT2D eigenvalue weighted by molar-refractivity contribution is 0.263. The number of anilines is 1. The molecular weight excluding hydrogens is 228 g/mol. The Morgan fingerprint density at radius 2 is 2.00 bits per heavy atom.